The monoisotopic (exact) mass is 340 g/mol. The number of ketones is 1. The number of allylic oxidation sites excluding steroid dienone is 1. The molecule has 1 aromatic carbocycles. The van der Waals surface area contributed by atoms with Crippen LogP contribution in [0.2, 0.25) is 0 Å². The molecule has 0 saturated carbocycles. The smallest absolute Gasteiger partial charge is 0.164 e. The summed E-state index contributed by atoms with van der Waals surface area (Å²) in [5, 5.41) is 0. The van der Waals surface area contributed by atoms with Crippen LogP contribution in [0.1, 0.15) is 12.5 Å². The first-order chi connectivity index (χ1) is 10.3. The standard InChI is InChI=1S/C18H28N2O2.ClH/c1-18(13-19(2)3,14-20(4)5)17(21)12-9-15-7-10-16(22-6)11-8-15;/h7-12H,13-14H2,1-6H3;1H/b12-9+;. The van der Waals surface area contributed by atoms with E-state index in [4.69, 9.17) is 4.74 Å². The van der Waals surface area contributed by atoms with Crippen LogP contribution in [0.5, 0.6) is 5.75 Å². The van der Waals surface area contributed by atoms with Crippen LogP contribution in [0, 0.1) is 5.41 Å². The fraction of sp³-hybridized carbons (Fsp3) is 0.500. The molecule has 4 nitrogen and oxygen atoms in total. The molecule has 0 aliphatic rings. The van der Waals surface area contributed by atoms with Crippen molar-refractivity contribution in [1.82, 2.24) is 9.80 Å². The van der Waals surface area contributed by atoms with Gasteiger partial charge in [-0.05, 0) is 58.9 Å². The highest BCUT2D eigenvalue weighted by molar-refractivity contribution is 5.98. The fourth-order valence-corrected chi connectivity index (χ4v) is 2.69. The molecule has 0 aliphatic carbocycles. The van der Waals surface area contributed by atoms with Crippen LogP contribution in [0.25, 0.3) is 6.08 Å². The molecule has 0 bridgehead atoms. The highest BCUT2D eigenvalue weighted by Gasteiger charge is 2.32. The van der Waals surface area contributed by atoms with Crippen molar-refractivity contribution in [3.63, 3.8) is 0 Å². The van der Waals surface area contributed by atoms with Crippen LogP contribution in [0.15, 0.2) is 30.3 Å². The van der Waals surface area contributed by atoms with Crippen molar-refractivity contribution < 1.29 is 9.53 Å². The maximum atomic E-state index is 12.7. The molecule has 0 saturated heterocycles. The molecule has 5 heteroatoms. The normalized spacial score (nSPS) is 11.8. The molecular formula is C18H29ClN2O2. The van der Waals surface area contributed by atoms with Crippen LogP contribution in [-0.4, -0.2) is 64.0 Å². The Bertz CT molecular complexity index is 500. The maximum absolute atomic E-state index is 12.7. The number of halogens is 1. The lowest BCUT2D eigenvalue weighted by atomic mass is 9.84. The van der Waals surface area contributed by atoms with Gasteiger partial charge >= 0.3 is 0 Å². The van der Waals surface area contributed by atoms with Crippen molar-refractivity contribution in [2.75, 3.05) is 48.4 Å². The number of hydrogen-bond acceptors (Lipinski definition) is 4. The molecule has 23 heavy (non-hydrogen) atoms. The minimum Gasteiger partial charge on any atom is -0.497 e. The number of hydrogen-bond donors (Lipinski definition) is 0. The Morgan fingerprint density at radius 1 is 1.09 bits per heavy atom. The molecule has 0 N–H and O–H groups in total. The summed E-state index contributed by atoms with van der Waals surface area (Å²) in [7, 11) is 9.62. The van der Waals surface area contributed by atoms with E-state index in [0.717, 1.165) is 24.4 Å². The third-order valence-corrected chi connectivity index (χ3v) is 3.47. The molecule has 0 aromatic heterocycles. The van der Waals surface area contributed by atoms with E-state index in [9.17, 15) is 4.79 Å². The number of nitrogens with zero attached hydrogens (tertiary/aromatic N) is 2. The quantitative estimate of drug-likeness (QED) is 0.681. The lowest BCUT2D eigenvalue weighted by molar-refractivity contribution is -0.124. The first-order valence-corrected chi connectivity index (χ1v) is 7.43. The predicted octanol–water partition coefficient (Wildman–Crippen LogP) is 2.83. The molecule has 0 aliphatic heterocycles. The lowest BCUT2D eigenvalue weighted by Crippen LogP contribution is -2.44. The Morgan fingerprint density at radius 3 is 1.96 bits per heavy atom. The third-order valence-electron chi connectivity index (χ3n) is 3.47. The highest BCUT2D eigenvalue weighted by Crippen LogP contribution is 2.21. The van der Waals surface area contributed by atoms with Crippen LogP contribution in [0.3, 0.4) is 0 Å². The van der Waals surface area contributed by atoms with Gasteiger partial charge in [0.05, 0.1) is 12.5 Å². The predicted molar refractivity (Wildman–Crippen MR) is 99.5 cm³/mol. The number of carbonyl (C=O) groups excluding carboxylic acids is 1. The van der Waals surface area contributed by atoms with Crippen LogP contribution >= 0.6 is 12.4 Å². The van der Waals surface area contributed by atoms with E-state index in [1.807, 2.05) is 65.5 Å². The van der Waals surface area contributed by atoms with Crippen molar-refractivity contribution >= 4 is 24.3 Å². The Hall–Kier alpha value is -1.36. The fourth-order valence-electron chi connectivity index (χ4n) is 2.69. The summed E-state index contributed by atoms with van der Waals surface area (Å²) in [6.07, 6.45) is 3.56. The molecule has 0 spiro atoms. The number of carbonyl (C=O) groups is 1. The first-order valence-electron chi connectivity index (χ1n) is 7.43. The van der Waals surface area contributed by atoms with E-state index in [1.165, 1.54) is 0 Å². The van der Waals surface area contributed by atoms with E-state index >= 15 is 0 Å². The largest absolute Gasteiger partial charge is 0.497 e. The van der Waals surface area contributed by atoms with Gasteiger partial charge in [0.25, 0.3) is 0 Å². The molecule has 1 rings (SSSR count). The van der Waals surface area contributed by atoms with Crippen LogP contribution < -0.4 is 4.74 Å². The molecule has 0 heterocycles. The molecule has 130 valence electrons. The zero-order valence-electron chi connectivity index (χ0n) is 15.0. The third kappa shape index (κ3) is 7.16. The van der Waals surface area contributed by atoms with Gasteiger partial charge in [0.1, 0.15) is 5.75 Å². The number of methoxy groups -OCH3 is 1. The Morgan fingerprint density at radius 2 is 1.57 bits per heavy atom. The Labute approximate surface area is 146 Å². The molecule has 0 unspecified atom stereocenters. The lowest BCUT2D eigenvalue weighted by Gasteiger charge is -2.32. The van der Waals surface area contributed by atoms with Crippen molar-refractivity contribution in [3.8, 4) is 5.75 Å². The van der Waals surface area contributed by atoms with E-state index in [0.29, 0.717) is 0 Å². The molecular weight excluding hydrogens is 312 g/mol. The topological polar surface area (TPSA) is 32.8 Å². The molecule has 0 radical (unpaired) electrons. The Balaban J connectivity index is 0.00000484. The average molecular weight is 341 g/mol. The van der Waals surface area contributed by atoms with E-state index in [1.54, 1.807) is 13.2 Å². The number of rotatable bonds is 8. The average Bonchev–Trinajstić information content (AvgIpc) is 2.43. The summed E-state index contributed by atoms with van der Waals surface area (Å²) in [6.45, 7) is 3.46. The van der Waals surface area contributed by atoms with Crippen molar-refractivity contribution in [1.29, 1.82) is 0 Å². The van der Waals surface area contributed by atoms with Gasteiger partial charge in [0.15, 0.2) is 5.78 Å². The highest BCUT2D eigenvalue weighted by atomic mass is 35.5. The maximum Gasteiger partial charge on any atom is 0.164 e. The van der Waals surface area contributed by atoms with E-state index < -0.39 is 5.41 Å². The van der Waals surface area contributed by atoms with Crippen LogP contribution in [0.4, 0.5) is 0 Å². The second-order valence-corrected chi connectivity index (χ2v) is 6.51. The molecule has 0 amide bonds. The molecule has 1 aromatic rings. The van der Waals surface area contributed by atoms with Crippen LogP contribution in [-0.2, 0) is 4.79 Å². The number of ether oxygens (including phenoxy) is 1. The second kappa shape index (κ2) is 9.71. The van der Waals surface area contributed by atoms with Gasteiger partial charge in [-0.2, -0.15) is 0 Å². The van der Waals surface area contributed by atoms with Gasteiger partial charge in [-0.1, -0.05) is 18.2 Å². The minimum atomic E-state index is -0.421. The second-order valence-electron chi connectivity index (χ2n) is 6.51. The van der Waals surface area contributed by atoms with Crippen molar-refractivity contribution in [2.24, 2.45) is 5.41 Å². The summed E-state index contributed by atoms with van der Waals surface area (Å²) in [5.41, 5.74) is 0.571. The summed E-state index contributed by atoms with van der Waals surface area (Å²) in [6, 6.07) is 7.67. The summed E-state index contributed by atoms with van der Waals surface area (Å²) in [5.74, 6) is 0.958. The van der Waals surface area contributed by atoms with E-state index in [-0.39, 0.29) is 18.2 Å². The van der Waals surface area contributed by atoms with Gasteiger partial charge in [0, 0.05) is 13.1 Å². The molecule has 0 fully saturated rings. The minimum absolute atomic E-state index is 0. The first kappa shape index (κ1) is 21.6. The summed E-state index contributed by atoms with van der Waals surface area (Å²) in [4.78, 5) is 16.8. The summed E-state index contributed by atoms with van der Waals surface area (Å²) >= 11 is 0. The number of benzene rings is 1. The van der Waals surface area contributed by atoms with Gasteiger partial charge in [-0.3, -0.25) is 4.79 Å². The van der Waals surface area contributed by atoms with Gasteiger partial charge in [-0.25, -0.2) is 0 Å². The Kier molecular flexibility index (Phi) is 9.13. The molecule has 0 atom stereocenters. The van der Waals surface area contributed by atoms with Gasteiger partial charge in [0.2, 0.25) is 0 Å². The van der Waals surface area contributed by atoms with E-state index in [2.05, 4.69) is 9.80 Å². The zero-order chi connectivity index (χ0) is 16.8. The van der Waals surface area contributed by atoms with Crippen molar-refractivity contribution in [3.05, 3.63) is 35.9 Å². The van der Waals surface area contributed by atoms with Gasteiger partial charge < -0.3 is 14.5 Å². The van der Waals surface area contributed by atoms with Crippen molar-refractivity contribution in [2.45, 2.75) is 6.92 Å². The zero-order valence-corrected chi connectivity index (χ0v) is 15.8. The summed E-state index contributed by atoms with van der Waals surface area (Å²) < 4.78 is 5.13. The SMILES string of the molecule is COc1ccc(/C=C/C(=O)C(C)(CN(C)C)CN(C)C)cc1.Cl. The van der Waals surface area contributed by atoms with Gasteiger partial charge in [-0.15, -0.1) is 12.4 Å².